The molecule has 0 spiro atoms. The lowest BCUT2D eigenvalue weighted by Gasteiger charge is -2.39. The van der Waals surface area contributed by atoms with E-state index >= 15 is 0 Å². The Morgan fingerprint density at radius 1 is 1.02 bits per heavy atom. The average Bonchev–Trinajstić information content (AvgIpc) is 3.56. The van der Waals surface area contributed by atoms with E-state index in [2.05, 4.69) is 15.5 Å². The fraction of sp³-hybridized carbons (Fsp3) is 0.517. The van der Waals surface area contributed by atoms with Crippen LogP contribution in [0.5, 0.6) is 28.7 Å². The summed E-state index contributed by atoms with van der Waals surface area (Å²) in [5, 5.41) is 17.1. The Kier molecular flexibility index (Phi) is 8.22. The van der Waals surface area contributed by atoms with Crippen LogP contribution in [0.1, 0.15) is 41.5 Å². The van der Waals surface area contributed by atoms with Gasteiger partial charge in [-0.1, -0.05) is 0 Å². The zero-order chi connectivity index (χ0) is 28.4. The number of esters is 1. The van der Waals surface area contributed by atoms with Crippen molar-refractivity contribution in [2.24, 2.45) is 11.8 Å². The van der Waals surface area contributed by atoms with Gasteiger partial charge in [0.05, 0.1) is 32.8 Å². The first-order chi connectivity index (χ1) is 19.3. The lowest BCUT2D eigenvalue weighted by molar-refractivity contribution is -0.141. The summed E-state index contributed by atoms with van der Waals surface area (Å²) in [7, 11) is 6.96. The fourth-order valence-corrected chi connectivity index (χ4v) is 5.89. The zero-order valence-electron chi connectivity index (χ0n) is 23.3. The number of ether oxygens (including phenoxy) is 5. The number of likely N-dealkylation sites (N-methyl/N-ethyl adjacent to an activating group) is 1. The van der Waals surface area contributed by atoms with Gasteiger partial charge in [0, 0.05) is 31.3 Å². The van der Waals surface area contributed by atoms with Gasteiger partial charge in [0.25, 0.3) is 0 Å². The highest BCUT2D eigenvalue weighted by Gasteiger charge is 2.53. The maximum absolute atomic E-state index is 13.2. The monoisotopic (exact) mass is 555 g/mol. The number of fused-ring (bicyclic) bond motifs is 3. The van der Waals surface area contributed by atoms with Crippen molar-refractivity contribution < 1.29 is 38.4 Å². The Labute approximate surface area is 233 Å². The number of hydrogen-bond donors (Lipinski definition) is 3. The molecule has 4 atom stereocenters. The normalized spacial score (nSPS) is 22.5. The molecule has 0 radical (unpaired) electrons. The lowest BCUT2D eigenvalue weighted by Crippen LogP contribution is -2.43. The van der Waals surface area contributed by atoms with Crippen LogP contribution >= 0.6 is 0 Å². The maximum Gasteiger partial charge on any atom is 0.310 e. The summed E-state index contributed by atoms with van der Waals surface area (Å²) < 4.78 is 27.8. The second kappa shape index (κ2) is 11.8. The lowest BCUT2D eigenvalue weighted by atomic mass is 9.65. The van der Waals surface area contributed by atoms with Crippen LogP contribution in [0.3, 0.4) is 0 Å². The predicted octanol–water partition coefficient (Wildman–Crippen LogP) is 2.16. The number of aromatic hydroxyl groups is 1. The molecular weight excluding hydrogens is 518 g/mol. The summed E-state index contributed by atoms with van der Waals surface area (Å²) in [6.45, 7) is 2.79. The Morgan fingerprint density at radius 2 is 1.70 bits per heavy atom. The molecule has 40 heavy (non-hydrogen) atoms. The zero-order valence-corrected chi connectivity index (χ0v) is 23.3. The Balaban J connectivity index is 1.47. The molecule has 1 fully saturated rings. The molecule has 1 saturated heterocycles. The molecule has 2 aromatic carbocycles. The number of phenols is 1. The van der Waals surface area contributed by atoms with Gasteiger partial charge in [-0.15, -0.1) is 0 Å². The van der Waals surface area contributed by atoms with Gasteiger partial charge >= 0.3 is 5.97 Å². The Bertz CT molecular complexity index is 1240. The molecule has 3 aliphatic rings. The number of phenolic OH excluding ortho intramolecular Hbond substituents is 1. The molecule has 1 amide bonds. The second-order valence-electron chi connectivity index (χ2n) is 10.6. The van der Waals surface area contributed by atoms with E-state index in [1.807, 2.05) is 26.2 Å². The third-order valence-electron chi connectivity index (χ3n) is 7.86. The minimum absolute atomic E-state index is 0.0902. The van der Waals surface area contributed by atoms with Gasteiger partial charge in [-0.3, -0.25) is 9.59 Å². The topological polar surface area (TPSA) is 128 Å². The van der Waals surface area contributed by atoms with Crippen LogP contribution in [0.4, 0.5) is 0 Å². The van der Waals surface area contributed by atoms with Crippen LogP contribution in [-0.2, 0) is 14.3 Å². The van der Waals surface area contributed by atoms with Crippen LogP contribution in [-0.4, -0.2) is 83.2 Å². The first-order valence-corrected chi connectivity index (χ1v) is 13.5. The van der Waals surface area contributed by atoms with Crippen molar-refractivity contribution in [2.45, 2.75) is 24.8 Å². The molecule has 0 aromatic heterocycles. The standard InChI is InChI=1S/C29H37N3O8/c1-32(2)9-8-30-7-5-6-24(33)31-27-18-13-21-20(39-15-40-21)12-17(18)25(26-19(27)14-38-29(26)35)16-10-22(36-3)28(34)23(11-16)37-4/h10-13,19,25-27,30,34H,5-9,14-15H2,1-4H3,(H,31,33)/t19-,25?,26-,27+/m0/s1. The van der Waals surface area contributed by atoms with Crippen molar-refractivity contribution >= 4 is 11.9 Å². The van der Waals surface area contributed by atoms with E-state index in [1.165, 1.54) is 14.2 Å². The molecule has 1 unspecified atom stereocenters. The molecule has 2 aliphatic heterocycles. The van der Waals surface area contributed by atoms with Crippen molar-refractivity contribution in [1.82, 2.24) is 15.5 Å². The second-order valence-corrected chi connectivity index (χ2v) is 10.6. The first kappa shape index (κ1) is 27.9. The number of hydrogen-bond acceptors (Lipinski definition) is 10. The van der Waals surface area contributed by atoms with E-state index in [9.17, 15) is 14.7 Å². The summed E-state index contributed by atoms with van der Waals surface area (Å²) in [6, 6.07) is 6.74. The number of carbonyl (C=O) groups is 2. The highest BCUT2D eigenvalue weighted by atomic mass is 16.7. The molecule has 5 rings (SSSR count). The van der Waals surface area contributed by atoms with Gasteiger partial charge in [0.15, 0.2) is 23.0 Å². The molecule has 11 nitrogen and oxygen atoms in total. The summed E-state index contributed by atoms with van der Waals surface area (Å²) in [5.41, 5.74) is 2.38. The summed E-state index contributed by atoms with van der Waals surface area (Å²) in [4.78, 5) is 28.5. The Hall–Kier alpha value is -3.70. The highest BCUT2D eigenvalue weighted by molar-refractivity contribution is 5.81. The summed E-state index contributed by atoms with van der Waals surface area (Å²) in [6.07, 6.45) is 1.05. The van der Waals surface area contributed by atoms with E-state index in [0.29, 0.717) is 29.9 Å². The number of methoxy groups -OCH3 is 2. The van der Waals surface area contributed by atoms with Crippen LogP contribution in [0.25, 0.3) is 0 Å². The number of benzene rings is 2. The molecule has 1 aliphatic carbocycles. The fourth-order valence-electron chi connectivity index (χ4n) is 5.89. The molecule has 216 valence electrons. The van der Waals surface area contributed by atoms with Crippen molar-refractivity contribution in [1.29, 1.82) is 0 Å². The average molecular weight is 556 g/mol. The van der Waals surface area contributed by atoms with Crippen LogP contribution in [0.2, 0.25) is 0 Å². The number of rotatable bonds is 11. The SMILES string of the molecule is COc1cc(C2c3cc4c(cc3[C@@H](NC(=O)CCCNCCN(C)C)[C@H]3COC(=O)[C@H]23)OCO4)cc(OC)c1O. The number of nitrogens with zero attached hydrogens (tertiary/aromatic N) is 1. The van der Waals surface area contributed by atoms with Crippen molar-refractivity contribution in [3.63, 3.8) is 0 Å². The number of carbonyl (C=O) groups excluding carboxylic acids is 2. The largest absolute Gasteiger partial charge is 0.502 e. The molecule has 11 heteroatoms. The smallest absolute Gasteiger partial charge is 0.310 e. The van der Waals surface area contributed by atoms with Gasteiger partial charge in [0.1, 0.15) is 0 Å². The molecule has 2 heterocycles. The molecule has 3 N–H and O–H groups in total. The van der Waals surface area contributed by atoms with E-state index in [0.717, 1.165) is 30.8 Å². The van der Waals surface area contributed by atoms with E-state index in [4.69, 9.17) is 23.7 Å². The maximum atomic E-state index is 13.2. The first-order valence-electron chi connectivity index (χ1n) is 13.5. The minimum atomic E-state index is -0.579. The van der Waals surface area contributed by atoms with E-state index in [1.54, 1.807) is 12.1 Å². The summed E-state index contributed by atoms with van der Waals surface area (Å²) >= 11 is 0. The number of nitrogens with one attached hydrogen (secondary N) is 2. The van der Waals surface area contributed by atoms with Gasteiger partial charge in [-0.05, 0) is 68.0 Å². The highest BCUT2D eigenvalue weighted by Crippen LogP contribution is 2.55. The molecule has 0 saturated carbocycles. The van der Waals surface area contributed by atoms with Gasteiger partial charge < -0.3 is 44.3 Å². The van der Waals surface area contributed by atoms with Gasteiger partial charge in [-0.25, -0.2) is 0 Å². The van der Waals surface area contributed by atoms with E-state index < -0.39 is 17.9 Å². The number of cyclic esters (lactones) is 1. The van der Waals surface area contributed by atoms with Crippen molar-refractivity contribution in [2.75, 3.05) is 61.3 Å². The molecule has 2 aromatic rings. The van der Waals surface area contributed by atoms with E-state index in [-0.39, 0.29) is 48.4 Å². The van der Waals surface area contributed by atoms with Crippen LogP contribution in [0, 0.1) is 11.8 Å². The van der Waals surface area contributed by atoms with Gasteiger partial charge in [-0.2, -0.15) is 0 Å². The van der Waals surface area contributed by atoms with Crippen molar-refractivity contribution in [3.05, 3.63) is 41.0 Å². The van der Waals surface area contributed by atoms with Crippen LogP contribution in [0.15, 0.2) is 24.3 Å². The number of amides is 1. The third-order valence-corrected chi connectivity index (χ3v) is 7.86. The predicted molar refractivity (Wildman–Crippen MR) is 145 cm³/mol. The third kappa shape index (κ3) is 5.35. The van der Waals surface area contributed by atoms with Crippen LogP contribution < -0.4 is 29.6 Å². The molecule has 0 bridgehead atoms. The van der Waals surface area contributed by atoms with Crippen molar-refractivity contribution in [3.8, 4) is 28.7 Å². The van der Waals surface area contributed by atoms with Gasteiger partial charge in [0.2, 0.25) is 18.4 Å². The molecular formula is C29H37N3O8. The Morgan fingerprint density at radius 3 is 2.35 bits per heavy atom. The summed E-state index contributed by atoms with van der Waals surface area (Å²) in [5.74, 6) is -0.274. The quantitative estimate of drug-likeness (QED) is 0.280. The minimum Gasteiger partial charge on any atom is -0.502 e.